The van der Waals surface area contributed by atoms with Crippen LogP contribution < -0.4 is 0 Å². The van der Waals surface area contributed by atoms with Gasteiger partial charge in [0.1, 0.15) is 22.3 Å². The van der Waals surface area contributed by atoms with Crippen LogP contribution in [0.4, 0.5) is 0 Å². The Morgan fingerprint density at radius 1 is 0.276 bits per heavy atom. The van der Waals surface area contributed by atoms with E-state index in [1.54, 1.807) is 11.3 Å². The largest absolute Gasteiger partial charge is 0.456 e. The van der Waals surface area contributed by atoms with Gasteiger partial charge in [-0.15, -0.1) is 11.3 Å². The van der Waals surface area contributed by atoms with Crippen LogP contribution in [0.2, 0.25) is 0 Å². The molecule has 11 aromatic carbocycles. The van der Waals surface area contributed by atoms with Crippen LogP contribution in [0.1, 0.15) is 22.3 Å². The van der Waals surface area contributed by atoms with Crippen molar-refractivity contribution < 1.29 is 8.83 Å². The highest BCUT2D eigenvalue weighted by atomic mass is 32.1. The third kappa shape index (κ3) is 5.81. The number of hydrogen-bond donors (Lipinski definition) is 0. The van der Waals surface area contributed by atoms with Crippen molar-refractivity contribution in [3.8, 4) is 78.7 Å². The van der Waals surface area contributed by atoms with E-state index in [0.717, 1.165) is 82.6 Å². The van der Waals surface area contributed by atoms with Crippen LogP contribution in [-0.4, -0.2) is 15.0 Å². The van der Waals surface area contributed by atoms with E-state index < -0.39 is 5.41 Å². The van der Waals surface area contributed by atoms with Gasteiger partial charge in [0, 0.05) is 58.4 Å². The van der Waals surface area contributed by atoms with Gasteiger partial charge in [-0.3, -0.25) is 0 Å². The highest BCUT2D eigenvalue weighted by Gasteiger charge is 2.51. The summed E-state index contributed by atoms with van der Waals surface area (Å²) in [5.41, 5.74) is 20.5. The van der Waals surface area contributed by atoms with Crippen LogP contribution in [0.15, 0.2) is 245 Å². The standard InChI is InChI=1S/C70H39N3O2S/c1-6-23-55-45(16-1)46-17-2-7-24-56(46)70(55)57-25-8-3-18-47(57)48-33-30-43(38-58(48)70)41-15-11-14-40(36-41)42-32-35-60-54(37-42)65-52(21-12-27-61(65)74-60)68-71-67(44-31-34-50-49-19-4-9-26-59(49)75-62(50)39-44)72-69(73-68)53-22-13-29-64-66(53)51-20-5-10-28-63(51)76-64/h1-39H. The van der Waals surface area contributed by atoms with Gasteiger partial charge in [-0.2, -0.15) is 0 Å². The molecule has 0 N–H and O–H groups in total. The van der Waals surface area contributed by atoms with Gasteiger partial charge in [0.2, 0.25) is 0 Å². The second-order valence-corrected chi connectivity index (χ2v) is 21.2. The topological polar surface area (TPSA) is 65.0 Å². The molecule has 4 aromatic heterocycles. The van der Waals surface area contributed by atoms with Crippen LogP contribution in [0.3, 0.4) is 0 Å². The molecule has 1 spiro atoms. The highest BCUT2D eigenvalue weighted by Crippen LogP contribution is 2.63. The average molecular weight is 986 g/mol. The van der Waals surface area contributed by atoms with Crippen LogP contribution >= 0.6 is 11.3 Å². The highest BCUT2D eigenvalue weighted by molar-refractivity contribution is 7.25. The molecule has 2 aliphatic carbocycles. The Kier molecular flexibility index (Phi) is 8.58. The first-order valence-corrected chi connectivity index (χ1v) is 26.5. The fourth-order valence-electron chi connectivity index (χ4n) is 12.9. The van der Waals surface area contributed by atoms with Crippen molar-refractivity contribution in [2.24, 2.45) is 0 Å². The molecule has 76 heavy (non-hydrogen) atoms. The second kappa shape index (κ2) is 15.6. The lowest BCUT2D eigenvalue weighted by molar-refractivity contribution is 0.668. The fourth-order valence-corrected chi connectivity index (χ4v) is 14.0. The summed E-state index contributed by atoms with van der Waals surface area (Å²) in [6.45, 7) is 0. The maximum absolute atomic E-state index is 6.68. The Labute approximate surface area is 439 Å². The van der Waals surface area contributed by atoms with Crippen LogP contribution in [-0.2, 0) is 5.41 Å². The number of nitrogens with zero attached hydrogens (tertiary/aromatic N) is 3. The average Bonchev–Trinajstić information content (AvgIpc) is 4.33. The maximum Gasteiger partial charge on any atom is 0.164 e. The molecule has 6 heteroatoms. The molecule has 0 fully saturated rings. The molecule has 15 aromatic rings. The van der Waals surface area contributed by atoms with E-state index in [1.807, 2.05) is 30.3 Å². The summed E-state index contributed by atoms with van der Waals surface area (Å²) in [5.74, 6) is 1.72. The Hall–Kier alpha value is -9.75. The summed E-state index contributed by atoms with van der Waals surface area (Å²) < 4.78 is 15.5. The molecule has 0 atom stereocenters. The van der Waals surface area contributed by atoms with Gasteiger partial charge in [0.05, 0.1) is 5.41 Å². The van der Waals surface area contributed by atoms with Gasteiger partial charge in [0.25, 0.3) is 0 Å². The first kappa shape index (κ1) is 41.7. The Morgan fingerprint density at radius 3 is 1.54 bits per heavy atom. The molecule has 5 nitrogen and oxygen atoms in total. The number of rotatable bonds is 5. The number of para-hydroxylation sites is 1. The van der Waals surface area contributed by atoms with E-state index in [2.05, 4.69) is 206 Å². The van der Waals surface area contributed by atoms with Crippen molar-refractivity contribution >= 4 is 75.4 Å². The number of furan rings is 2. The minimum Gasteiger partial charge on any atom is -0.456 e. The summed E-state index contributed by atoms with van der Waals surface area (Å²) in [5, 5.41) is 6.38. The van der Waals surface area contributed by atoms with Crippen molar-refractivity contribution in [2.75, 3.05) is 0 Å². The predicted octanol–water partition coefficient (Wildman–Crippen LogP) is 18.7. The molecule has 0 saturated heterocycles. The SMILES string of the molecule is c1cc(-c2ccc3c(c2)C2(c4ccccc4-c4ccccc42)c2ccccc2-3)cc(-c2ccc3oc4cccc(-c5nc(-c6ccc7c(c6)oc6ccccc67)nc(-c6cccc7sc8ccccc8c67)n5)c4c3c2)c1. The maximum atomic E-state index is 6.68. The predicted molar refractivity (Wildman–Crippen MR) is 311 cm³/mol. The van der Waals surface area contributed by atoms with Crippen molar-refractivity contribution in [2.45, 2.75) is 5.41 Å². The van der Waals surface area contributed by atoms with Gasteiger partial charge in [-0.1, -0.05) is 176 Å². The number of aromatic nitrogens is 3. The Balaban J connectivity index is 0.819. The van der Waals surface area contributed by atoms with E-state index in [9.17, 15) is 0 Å². The zero-order chi connectivity index (χ0) is 49.6. The van der Waals surface area contributed by atoms with E-state index >= 15 is 0 Å². The normalized spacial score (nSPS) is 13.1. The molecule has 0 aliphatic heterocycles. The lowest BCUT2D eigenvalue weighted by Gasteiger charge is -2.30. The number of hydrogen-bond acceptors (Lipinski definition) is 6. The smallest absolute Gasteiger partial charge is 0.164 e. The van der Waals surface area contributed by atoms with Crippen LogP contribution in [0, 0.1) is 0 Å². The van der Waals surface area contributed by atoms with Crippen molar-refractivity contribution in [3.63, 3.8) is 0 Å². The van der Waals surface area contributed by atoms with E-state index in [1.165, 1.54) is 64.9 Å². The monoisotopic (exact) mass is 985 g/mol. The lowest BCUT2D eigenvalue weighted by Crippen LogP contribution is -2.25. The Bertz CT molecular complexity index is 4920. The third-order valence-electron chi connectivity index (χ3n) is 16.2. The zero-order valence-electron chi connectivity index (χ0n) is 40.6. The molecule has 0 radical (unpaired) electrons. The molecule has 0 amide bonds. The number of fused-ring (bicyclic) bond motifs is 19. The Morgan fingerprint density at radius 2 is 0.776 bits per heavy atom. The summed E-state index contributed by atoms with van der Waals surface area (Å²) in [6, 6.07) is 85.1. The minimum absolute atomic E-state index is 0.411. The van der Waals surface area contributed by atoms with Crippen molar-refractivity contribution in [3.05, 3.63) is 259 Å². The fraction of sp³-hybridized carbons (Fsp3) is 0.0143. The van der Waals surface area contributed by atoms with Crippen LogP contribution in [0.25, 0.3) is 143 Å². The molecule has 2 aliphatic rings. The third-order valence-corrected chi connectivity index (χ3v) is 17.3. The lowest BCUT2D eigenvalue weighted by atomic mass is 9.70. The summed E-state index contributed by atoms with van der Waals surface area (Å²) >= 11 is 1.78. The quantitative estimate of drug-likeness (QED) is 0.172. The van der Waals surface area contributed by atoms with Gasteiger partial charge >= 0.3 is 0 Å². The molecule has 0 bridgehead atoms. The van der Waals surface area contributed by atoms with E-state index in [0.29, 0.717) is 17.5 Å². The zero-order valence-corrected chi connectivity index (χ0v) is 41.4. The van der Waals surface area contributed by atoms with Crippen LogP contribution in [0.5, 0.6) is 0 Å². The second-order valence-electron chi connectivity index (χ2n) is 20.1. The summed E-state index contributed by atoms with van der Waals surface area (Å²) in [7, 11) is 0. The van der Waals surface area contributed by atoms with Gasteiger partial charge < -0.3 is 8.83 Å². The van der Waals surface area contributed by atoms with E-state index in [4.69, 9.17) is 23.8 Å². The van der Waals surface area contributed by atoms with Gasteiger partial charge in [0.15, 0.2) is 17.5 Å². The van der Waals surface area contributed by atoms with Gasteiger partial charge in [-0.25, -0.2) is 15.0 Å². The first-order valence-electron chi connectivity index (χ1n) is 25.7. The van der Waals surface area contributed by atoms with Crippen molar-refractivity contribution in [1.82, 2.24) is 15.0 Å². The summed E-state index contributed by atoms with van der Waals surface area (Å²) in [4.78, 5) is 16.0. The molecule has 0 saturated carbocycles. The van der Waals surface area contributed by atoms with E-state index in [-0.39, 0.29) is 0 Å². The summed E-state index contributed by atoms with van der Waals surface area (Å²) in [6.07, 6.45) is 0. The number of benzene rings is 11. The molecule has 0 unspecified atom stereocenters. The molecule has 352 valence electrons. The van der Waals surface area contributed by atoms with Gasteiger partial charge in [-0.05, 0) is 127 Å². The minimum atomic E-state index is -0.411. The molecule has 17 rings (SSSR count). The molecular weight excluding hydrogens is 947 g/mol. The first-order chi connectivity index (χ1) is 37.6. The number of thiophene rings is 1. The van der Waals surface area contributed by atoms with Crippen molar-refractivity contribution in [1.29, 1.82) is 0 Å². The molecule has 4 heterocycles. The molecular formula is C70H39N3O2S.